The molecule has 5 nitrogen and oxygen atoms in total. The third-order valence-electron chi connectivity index (χ3n) is 4.29. The summed E-state index contributed by atoms with van der Waals surface area (Å²) in [7, 11) is 0. The van der Waals surface area contributed by atoms with Crippen molar-refractivity contribution in [2.45, 2.75) is 25.2 Å². The lowest BCUT2D eigenvalue weighted by molar-refractivity contribution is 0.268. The van der Waals surface area contributed by atoms with Crippen LogP contribution in [0.15, 0.2) is 28.9 Å². The summed E-state index contributed by atoms with van der Waals surface area (Å²) in [6, 6.07) is 6.22. The van der Waals surface area contributed by atoms with Gasteiger partial charge in [0.05, 0.1) is 6.20 Å². The van der Waals surface area contributed by atoms with E-state index < -0.39 is 0 Å². The summed E-state index contributed by atoms with van der Waals surface area (Å²) >= 11 is 9.84. The maximum Gasteiger partial charge on any atom is 0.222 e. The molecule has 7 heteroatoms. The van der Waals surface area contributed by atoms with Crippen molar-refractivity contribution in [2.24, 2.45) is 0 Å². The first-order valence-electron chi connectivity index (χ1n) is 7.41. The number of nitrogens with two attached hydrogens (primary N) is 1. The molecule has 1 aromatic carbocycles. The van der Waals surface area contributed by atoms with E-state index in [0.717, 1.165) is 29.5 Å². The normalized spacial score (nSPS) is 19.9. The molecule has 0 spiro atoms. The fourth-order valence-corrected chi connectivity index (χ4v) is 3.73. The molecule has 2 aromatic rings. The van der Waals surface area contributed by atoms with Gasteiger partial charge in [0, 0.05) is 28.7 Å². The molecule has 0 saturated carbocycles. The lowest BCUT2D eigenvalue weighted by Crippen LogP contribution is -2.29. The summed E-state index contributed by atoms with van der Waals surface area (Å²) in [6.07, 6.45) is 3.16. The van der Waals surface area contributed by atoms with Crippen molar-refractivity contribution in [2.75, 3.05) is 23.8 Å². The number of anilines is 3. The monoisotopic (exact) mass is 396 g/mol. The van der Waals surface area contributed by atoms with Crippen molar-refractivity contribution >= 4 is 45.0 Å². The van der Waals surface area contributed by atoms with E-state index in [-0.39, 0.29) is 18.0 Å². The lowest BCUT2D eigenvalue weighted by atomic mass is 9.80. The van der Waals surface area contributed by atoms with Crippen LogP contribution in [-0.2, 0) is 5.41 Å². The molecule has 122 valence electrons. The van der Waals surface area contributed by atoms with Crippen LogP contribution in [0.4, 0.5) is 17.5 Å². The molecule has 1 atom stereocenters. The Morgan fingerprint density at radius 1 is 1.48 bits per heavy atom. The van der Waals surface area contributed by atoms with E-state index in [0.29, 0.717) is 10.8 Å². The van der Waals surface area contributed by atoms with Crippen LogP contribution in [0.5, 0.6) is 0 Å². The molecule has 0 saturated heterocycles. The van der Waals surface area contributed by atoms with Gasteiger partial charge in [-0.05, 0) is 30.5 Å². The Labute approximate surface area is 148 Å². The van der Waals surface area contributed by atoms with Crippen molar-refractivity contribution in [3.63, 3.8) is 0 Å². The molecule has 2 heterocycles. The van der Waals surface area contributed by atoms with Crippen molar-refractivity contribution in [3.8, 4) is 0 Å². The zero-order valence-electron chi connectivity index (χ0n) is 12.8. The van der Waals surface area contributed by atoms with E-state index in [1.54, 1.807) is 0 Å². The number of hydrogen-bond donors (Lipinski definition) is 2. The van der Waals surface area contributed by atoms with Gasteiger partial charge in [-0.15, -0.1) is 0 Å². The molecule has 23 heavy (non-hydrogen) atoms. The predicted molar refractivity (Wildman–Crippen MR) is 96.3 cm³/mol. The van der Waals surface area contributed by atoms with Gasteiger partial charge < -0.3 is 15.7 Å². The molecule has 0 bridgehead atoms. The molecule has 1 unspecified atom stereocenters. The standard InChI is InChI=1S/C16H18BrClN4O/c1-16(5-2-6-23)9-22(13-7-10(17)3-4-11(13)16)14-12(18)8-20-15(19)21-14/h3-4,7-8,23H,2,5-6,9H2,1H3,(H2,19,20,21). The average Bonchev–Trinajstić information content (AvgIpc) is 2.80. The van der Waals surface area contributed by atoms with Crippen LogP contribution in [0, 0.1) is 0 Å². The van der Waals surface area contributed by atoms with Crippen LogP contribution >= 0.6 is 27.5 Å². The molecule has 1 aliphatic rings. The van der Waals surface area contributed by atoms with E-state index in [2.05, 4.69) is 49.9 Å². The fraction of sp³-hybridized carbons (Fsp3) is 0.375. The first-order chi connectivity index (χ1) is 10.9. The highest BCUT2D eigenvalue weighted by Crippen LogP contribution is 2.48. The van der Waals surface area contributed by atoms with Gasteiger partial charge in [0.15, 0.2) is 5.82 Å². The number of aliphatic hydroxyl groups is 1. The van der Waals surface area contributed by atoms with E-state index in [1.165, 1.54) is 11.8 Å². The Morgan fingerprint density at radius 3 is 3.00 bits per heavy atom. The van der Waals surface area contributed by atoms with E-state index in [4.69, 9.17) is 17.3 Å². The van der Waals surface area contributed by atoms with Crippen LogP contribution in [0.2, 0.25) is 5.02 Å². The van der Waals surface area contributed by atoms with Crippen molar-refractivity contribution in [1.82, 2.24) is 9.97 Å². The molecule has 1 aromatic heterocycles. The number of fused-ring (bicyclic) bond motifs is 1. The average molecular weight is 398 g/mol. The first kappa shape index (κ1) is 16.5. The van der Waals surface area contributed by atoms with Gasteiger partial charge in [0.1, 0.15) is 5.02 Å². The Kier molecular flexibility index (Phi) is 4.49. The molecule has 3 rings (SSSR count). The zero-order chi connectivity index (χ0) is 16.6. The number of halogens is 2. The summed E-state index contributed by atoms with van der Waals surface area (Å²) in [5.74, 6) is 0.816. The molecular formula is C16H18BrClN4O. The Morgan fingerprint density at radius 2 is 2.26 bits per heavy atom. The maximum atomic E-state index is 9.22. The number of aliphatic hydroxyl groups excluding tert-OH is 1. The minimum atomic E-state index is -0.0815. The molecule has 1 aliphatic heterocycles. The summed E-state index contributed by atoms with van der Waals surface area (Å²) in [5.41, 5.74) is 7.94. The number of hydrogen-bond acceptors (Lipinski definition) is 5. The number of rotatable bonds is 4. The van der Waals surface area contributed by atoms with Crippen LogP contribution in [-0.4, -0.2) is 28.2 Å². The van der Waals surface area contributed by atoms with Gasteiger partial charge in [-0.1, -0.05) is 40.5 Å². The predicted octanol–water partition coefficient (Wildman–Crippen LogP) is 3.66. The number of nitrogens with zero attached hydrogens (tertiary/aromatic N) is 3. The highest BCUT2D eigenvalue weighted by atomic mass is 79.9. The third kappa shape index (κ3) is 3.03. The minimum absolute atomic E-state index is 0.0815. The molecule has 0 radical (unpaired) electrons. The van der Waals surface area contributed by atoms with E-state index in [1.807, 2.05) is 6.07 Å². The summed E-state index contributed by atoms with van der Waals surface area (Å²) in [5, 5.41) is 9.69. The molecule has 0 fully saturated rings. The smallest absolute Gasteiger partial charge is 0.222 e. The second-order valence-electron chi connectivity index (χ2n) is 6.04. The van der Waals surface area contributed by atoms with Crippen molar-refractivity contribution in [3.05, 3.63) is 39.5 Å². The summed E-state index contributed by atoms with van der Waals surface area (Å²) < 4.78 is 0.991. The van der Waals surface area contributed by atoms with Gasteiger partial charge in [-0.2, -0.15) is 4.98 Å². The van der Waals surface area contributed by atoms with Crippen molar-refractivity contribution in [1.29, 1.82) is 0 Å². The van der Waals surface area contributed by atoms with Gasteiger partial charge in [0.2, 0.25) is 5.95 Å². The quantitative estimate of drug-likeness (QED) is 0.823. The Bertz CT molecular complexity index is 742. The molecular weight excluding hydrogens is 380 g/mol. The second-order valence-corrected chi connectivity index (χ2v) is 7.36. The van der Waals surface area contributed by atoms with Gasteiger partial charge in [-0.25, -0.2) is 4.98 Å². The highest BCUT2D eigenvalue weighted by Gasteiger charge is 2.40. The largest absolute Gasteiger partial charge is 0.396 e. The lowest BCUT2D eigenvalue weighted by Gasteiger charge is -2.26. The third-order valence-corrected chi connectivity index (χ3v) is 5.05. The molecule has 3 N–H and O–H groups in total. The van der Waals surface area contributed by atoms with E-state index in [9.17, 15) is 5.11 Å². The zero-order valence-corrected chi connectivity index (χ0v) is 15.1. The van der Waals surface area contributed by atoms with Crippen molar-refractivity contribution < 1.29 is 5.11 Å². The fourth-order valence-electron chi connectivity index (χ4n) is 3.19. The maximum absolute atomic E-state index is 9.22. The number of aromatic nitrogens is 2. The second kappa shape index (κ2) is 6.26. The Hall–Kier alpha value is -1.37. The van der Waals surface area contributed by atoms with Crippen LogP contribution < -0.4 is 10.6 Å². The molecule has 0 amide bonds. The topological polar surface area (TPSA) is 75.3 Å². The van der Waals surface area contributed by atoms with Gasteiger partial charge in [0.25, 0.3) is 0 Å². The SMILES string of the molecule is CC1(CCCO)CN(c2nc(N)ncc2Cl)c2cc(Br)ccc21. The van der Waals surface area contributed by atoms with Gasteiger partial charge >= 0.3 is 0 Å². The van der Waals surface area contributed by atoms with Crippen LogP contribution in [0.25, 0.3) is 0 Å². The first-order valence-corrected chi connectivity index (χ1v) is 8.58. The molecule has 0 aliphatic carbocycles. The van der Waals surface area contributed by atoms with Crippen LogP contribution in [0.3, 0.4) is 0 Å². The number of nitrogen functional groups attached to an aromatic ring is 1. The summed E-state index contributed by atoms with van der Waals surface area (Å²) in [4.78, 5) is 10.3. The Balaban J connectivity index is 2.10. The summed E-state index contributed by atoms with van der Waals surface area (Å²) in [6.45, 7) is 3.12. The minimum Gasteiger partial charge on any atom is -0.396 e. The van der Waals surface area contributed by atoms with Gasteiger partial charge in [-0.3, -0.25) is 0 Å². The van der Waals surface area contributed by atoms with Crippen LogP contribution in [0.1, 0.15) is 25.3 Å². The highest BCUT2D eigenvalue weighted by molar-refractivity contribution is 9.10. The van der Waals surface area contributed by atoms with E-state index >= 15 is 0 Å². The number of benzene rings is 1.